The fraction of sp³-hybridized carbons (Fsp3) is 0.533. The van der Waals surface area contributed by atoms with Crippen LogP contribution >= 0.6 is 0 Å². The Kier molecular flexibility index (Phi) is 3.80. The van der Waals surface area contributed by atoms with E-state index in [1.165, 1.54) is 6.42 Å². The van der Waals surface area contributed by atoms with E-state index in [0.717, 1.165) is 18.4 Å². The minimum absolute atomic E-state index is 0.0297. The van der Waals surface area contributed by atoms with Crippen molar-refractivity contribution in [3.8, 4) is 0 Å². The zero-order valence-electron chi connectivity index (χ0n) is 12.0. The van der Waals surface area contributed by atoms with Gasteiger partial charge < -0.3 is 16.0 Å². The highest BCUT2D eigenvalue weighted by Crippen LogP contribution is 2.35. The van der Waals surface area contributed by atoms with Crippen molar-refractivity contribution in [3.05, 3.63) is 29.3 Å². The summed E-state index contributed by atoms with van der Waals surface area (Å²) in [6.07, 6.45) is 3.54. The number of hydrogen-bond acceptors (Lipinski definition) is 3. The third-order valence-corrected chi connectivity index (χ3v) is 4.32. The lowest BCUT2D eigenvalue weighted by Gasteiger charge is -2.47. The number of nitrogens with zero attached hydrogens (tertiary/aromatic N) is 1. The number of hydrogen-bond donors (Lipinski definition) is 2. The number of amides is 1. The summed E-state index contributed by atoms with van der Waals surface area (Å²) in [5, 5.41) is 3.05. The van der Waals surface area contributed by atoms with Gasteiger partial charge in [-0.3, -0.25) is 4.79 Å². The topological polar surface area (TPSA) is 58.4 Å². The summed E-state index contributed by atoms with van der Waals surface area (Å²) in [5.41, 5.74) is 8.15. The van der Waals surface area contributed by atoms with Crippen molar-refractivity contribution in [2.75, 3.05) is 26.4 Å². The molecule has 0 heterocycles. The zero-order valence-corrected chi connectivity index (χ0v) is 12.0. The summed E-state index contributed by atoms with van der Waals surface area (Å²) in [6.45, 7) is 2.63. The van der Waals surface area contributed by atoms with E-state index in [-0.39, 0.29) is 11.4 Å². The number of nitrogens with two attached hydrogens (primary N) is 1. The number of rotatable bonds is 4. The third kappa shape index (κ3) is 2.73. The van der Waals surface area contributed by atoms with E-state index in [9.17, 15) is 4.79 Å². The highest BCUT2D eigenvalue weighted by Gasteiger charge is 2.39. The number of likely N-dealkylation sites (N-methyl/N-ethyl adjacent to an activating group) is 1. The second-order valence-electron chi connectivity index (χ2n) is 5.73. The van der Waals surface area contributed by atoms with Crippen LogP contribution in [0.15, 0.2) is 18.2 Å². The lowest BCUT2D eigenvalue weighted by molar-refractivity contribution is 0.0557. The first-order valence-electron chi connectivity index (χ1n) is 6.76. The Morgan fingerprint density at radius 1 is 1.42 bits per heavy atom. The summed E-state index contributed by atoms with van der Waals surface area (Å²) in [5.74, 6) is -0.0297. The smallest absolute Gasteiger partial charge is 0.251 e. The molecule has 0 spiro atoms. The maximum atomic E-state index is 12.2. The third-order valence-electron chi connectivity index (χ3n) is 4.32. The highest BCUT2D eigenvalue weighted by molar-refractivity contribution is 5.96. The van der Waals surface area contributed by atoms with Crippen LogP contribution < -0.4 is 11.1 Å². The van der Waals surface area contributed by atoms with Crippen LogP contribution in [0.3, 0.4) is 0 Å². The van der Waals surface area contributed by atoms with Gasteiger partial charge in [0.25, 0.3) is 5.91 Å². The van der Waals surface area contributed by atoms with Crippen LogP contribution in [0.4, 0.5) is 5.69 Å². The van der Waals surface area contributed by atoms with E-state index in [2.05, 4.69) is 24.3 Å². The molecule has 4 heteroatoms. The largest absolute Gasteiger partial charge is 0.399 e. The molecule has 1 aliphatic carbocycles. The van der Waals surface area contributed by atoms with Crippen LogP contribution in [0.2, 0.25) is 0 Å². The van der Waals surface area contributed by atoms with Gasteiger partial charge in [0.2, 0.25) is 0 Å². The monoisotopic (exact) mass is 261 g/mol. The van der Waals surface area contributed by atoms with Gasteiger partial charge in [0.1, 0.15) is 0 Å². The van der Waals surface area contributed by atoms with Crippen LogP contribution in [-0.4, -0.2) is 37.0 Å². The molecule has 1 aromatic carbocycles. The van der Waals surface area contributed by atoms with Gasteiger partial charge in [0.05, 0.1) is 0 Å². The van der Waals surface area contributed by atoms with E-state index in [1.54, 1.807) is 6.07 Å². The second-order valence-corrected chi connectivity index (χ2v) is 5.73. The molecule has 19 heavy (non-hydrogen) atoms. The number of anilines is 1. The molecule has 104 valence electrons. The molecule has 0 radical (unpaired) electrons. The molecule has 4 nitrogen and oxygen atoms in total. The Hall–Kier alpha value is -1.55. The molecule has 0 saturated heterocycles. The molecule has 0 unspecified atom stereocenters. The van der Waals surface area contributed by atoms with Crippen LogP contribution in [0.5, 0.6) is 0 Å². The summed E-state index contributed by atoms with van der Waals surface area (Å²) in [6, 6.07) is 5.45. The second kappa shape index (κ2) is 5.21. The van der Waals surface area contributed by atoms with E-state index < -0.39 is 0 Å². The SMILES string of the molecule is Cc1ccc(N)cc1C(=O)NCC1(N(C)C)CCC1. The predicted molar refractivity (Wildman–Crippen MR) is 78.2 cm³/mol. The van der Waals surface area contributed by atoms with Gasteiger partial charge in [-0.1, -0.05) is 6.07 Å². The molecule has 3 N–H and O–H groups in total. The molecular weight excluding hydrogens is 238 g/mol. The molecule has 1 amide bonds. The van der Waals surface area contributed by atoms with Gasteiger partial charge in [-0.25, -0.2) is 0 Å². The molecular formula is C15H23N3O. The molecule has 1 aromatic rings. The zero-order chi connectivity index (χ0) is 14.0. The Bertz CT molecular complexity index is 478. The minimum Gasteiger partial charge on any atom is -0.399 e. The molecule has 0 aliphatic heterocycles. The average Bonchev–Trinajstić information content (AvgIpc) is 2.30. The number of nitrogen functional groups attached to an aromatic ring is 1. The molecule has 1 aliphatic rings. The van der Waals surface area contributed by atoms with Gasteiger partial charge >= 0.3 is 0 Å². The summed E-state index contributed by atoms with van der Waals surface area (Å²) in [4.78, 5) is 14.5. The standard InChI is InChI=1S/C15H23N3O/c1-11-5-6-12(16)9-13(11)14(19)17-10-15(18(2)3)7-4-8-15/h5-6,9H,4,7-8,10,16H2,1-3H3,(H,17,19). The maximum absolute atomic E-state index is 12.2. The number of aryl methyl sites for hydroxylation is 1. The van der Waals surface area contributed by atoms with Gasteiger partial charge in [0, 0.05) is 23.3 Å². The van der Waals surface area contributed by atoms with E-state index in [4.69, 9.17) is 5.73 Å². The molecule has 2 rings (SSSR count). The predicted octanol–water partition coefficient (Wildman–Crippen LogP) is 1.79. The Morgan fingerprint density at radius 3 is 2.63 bits per heavy atom. The summed E-state index contributed by atoms with van der Waals surface area (Å²) in [7, 11) is 4.16. The van der Waals surface area contributed by atoms with Gasteiger partial charge in [-0.05, 0) is 58.0 Å². The van der Waals surface area contributed by atoms with Crippen molar-refractivity contribution < 1.29 is 4.79 Å². The van der Waals surface area contributed by atoms with Crippen molar-refractivity contribution in [2.24, 2.45) is 0 Å². The van der Waals surface area contributed by atoms with Crippen LogP contribution in [0, 0.1) is 6.92 Å². The minimum atomic E-state index is -0.0297. The van der Waals surface area contributed by atoms with Gasteiger partial charge in [0.15, 0.2) is 0 Å². The van der Waals surface area contributed by atoms with Gasteiger partial charge in [-0.2, -0.15) is 0 Å². The molecule has 0 bridgehead atoms. The van der Waals surface area contributed by atoms with E-state index >= 15 is 0 Å². The van der Waals surface area contributed by atoms with Crippen molar-refractivity contribution in [1.82, 2.24) is 10.2 Å². The molecule has 1 fully saturated rings. The molecule has 0 aromatic heterocycles. The number of carbonyl (C=O) groups excluding carboxylic acids is 1. The number of nitrogens with one attached hydrogen (secondary N) is 1. The first kappa shape index (κ1) is 13.9. The molecule has 0 atom stereocenters. The van der Waals surface area contributed by atoms with Crippen molar-refractivity contribution in [3.63, 3.8) is 0 Å². The van der Waals surface area contributed by atoms with E-state index in [0.29, 0.717) is 17.8 Å². The first-order chi connectivity index (χ1) is 8.94. The maximum Gasteiger partial charge on any atom is 0.251 e. The quantitative estimate of drug-likeness (QED) is 0.812. The van der Waals surface area contributed by atoms with E-state index in [1.807, 2.05) is 19.1 Å². The number of benzene rings is 1. The molecule has 1 saturated carbocycles. The lowest BCUT2D eigenvalue weighted by atomic mass is 9.75. The average molecular weight is 261 g/mol. The first-order valence-corrected chi connectivity index (χ1v) is 6.76. The fourth-order valence-electron chi connectivity index (χ4n) is 2.59. The van der Waals surface area contributed by atoms with Crippen molar-refractivity contribution in [2.45, 2.75) is 31.7 Å². The fourth-order valence-corrected chi connectivity index (χ4v) is 2.59. The van der Waals surface area contributed by atoms with Crippen molar-refractivity contribution in [1.29, 1.82) is 0 Å². The van der Waals surface area contributed by atoms with Crippen LogP contribution in [-0.2, 0) is 0 Å². The van der Waals surface area contributed by atoms with Gasteiger partial charge in [-0.15, -0.1) is 0 Å². The lowest BCUT2D eigenvalue weighted by Crippen LogP contribution is -2.57. The highest BCUT2D eigenvalue weighted by atomic mass is 16.1. The Morgan fingerprint density at radius 2 is 2.11 bits per heavy atom. The Labute approximate surface area is 115 Å². The normalized spacial score (nSPS) is 17.1. The van der Waals surface area contributed by atoms with Crippen LogP contribution in [0.25, 0.3) is 0 Å². The number of carbonyl (C=O) groups is 1. The summed E-state index contributed by atoms with van der Waals surface area (Å²) >= 11 is 0. The van der Waals surface area contributed by atoms with Crippen molar-refractivity contribution >= 4 is 11.6 Å². The van der Waals surface area contributed by atoms with Crippen LogP contribution in [0.1, 0.15) is 35.2 Å². The summed E-state index contributed by atoms with van der Waals surface area (Å²) < 4.78 is 0. The Balaban J connectivity index is 2.03.